The first kappa shape index (κ1) is 17.6. The number of hydrogen-bond donors (Lipinski definition) is 1. The highest BCUT2D eigenvalue weighted by Gasteiger charge is 2.11. The molecule has 26 heavy (non-hydrogen) atoms. The van der Waals surface area contributed by atoms with E-state index in [1.165, 1.54) is 29.1 Å². The lowest BCUT2D eigenvalue weighted by molar-refractivity contribution is -0.384. The summed E-state index contributed by atoms with van der Waals surface area (Å²) in [7, 11) is 0. The fourth-order valence-electron chi connectivity index (χ4n) is 2.43. The Bertz CT molecular complexity index is 1060. The van der Waals surface area contributed by atoms with Crippen molar-refractivity contribution in [3.8, 4) is 0 Å². The molecule has 2 aromatic carbocycles. The van der Waals surface area contributed by atoms with E-state index < -0.39 is 4.92 Å². The predicted molar refractivity (Wildman–Crippen MR) is 97.4 cm³/mol. The molecule has 0 aliphatic heterocycles. The first-order valence-corrected chi connectivity index (χ1v) is 8.01. The first-order chi connectivity index (χ1) is 12.4. The molecule has 9 heteroatoms. The number of fused-ring (bicyclic) bond motifs is 1. The molecule has 3 rings (SSSR count). The zero-order valence-electron chi connectivity index (χ0n) is 13.4. The van der Waals surface area contributed by atoms with E-state index in [4.69, 9.17) is 11.6 Å². The lowest BCUT2D eigenvalue weighted by Crippen LogP contribution is -2.23. The van der Waals surface area contributed by atoms with Crippen LogP contribution in [0.15, 0.2) is 53.6 Å². The fourth-order valence-corrected chi connectivity index (χ4v) is 2.62. The molecule has 0 bridgehead atoms. The molecule has 1 N–H and O–H groups in total. The van der Waals surface area contributed by atoms with Gasteiger partial charge in [-0.3, -0.25) is 24.3 Å². The molecular weight excluding hydrogens is 360 g/mol. The highest BCUT2D eigenvalue weighted by atomic mass is 35.5. The van der Waals surface area contributed by atoms with E-state index in [-0.39, 0.29) is 41.0 Å². The van der Waals surface area contributed by atoms with Crippen molar-refractivity contribution in [3.05, 3.63) is 74.3 Å². The largest absolute Gasteiger partial charge is 0.326 e. The van der Waals surface area contributed by atoms with Gasteiger partial charge in [0.2, 0.25) is 5.91 Å². The van der Waals surface area contributed by atoms with Crippen molar-refractivity contribution in [2.45, 2.75) is 13.0 Å². The smallest absolute Gasteiger partial charge is 0.271 e. The number of halogens is 1. The number of amides is 1. The second-order valence-electron chi connectivity index (χ2n) is 5.51. The van der Waals surface area contributed by atoms with Crippen LogP contribution in [0.25, 0.3) is 10.9 Å². The number of anilines is 1. The van der Waals surface area contributed by atoms with Crippen molar-refractivity contribution < 1.29 is 9.72 Å². The van der Waals surface area contributed by atoms with E-state index in [0.29, 0.717) is 10.7 Å². The second-order valence-corrected chi connectivity index (χ2v) is 5.95. The minimum absolute atomic E-state index is 0.0621. The Kier molecular flexibility index (Phi) is 4.94. The molecule has 0 saturated carbocycles. The van der Waals surface area contributed by atoms with Gasteiger partial charge < -0.3 is 5.32 Å². The Morgan fingerprint density at radius 1 is 1.27 bits per heavy atom. The Morgan fingerprint density at radius 3 is 2.81 bits per heavy atom. The molecule has 0 aliphatic rings. The molecule has 0 spiro atoms. The zero-order valence-corrected chi connectivity index (χ0v) is 14.1. The average Bonchev–Trinajstić information content (AvgIpc) is 2.61. The maximum atomic E-state index is 12.4. The highest BCUT2D eigenvalue weighted by Crippen LogP contribution is 2.17. The maximum Gasteiger partial charge on any atom is 0.271 e. The summed E-state index contributed by atoms with van der Waals surface area (Å²) in [5.74, 6) is -0.275. The minimum atomic E-state index is -0.549. The number of rotatable bonds is 5. The monoisotopic (exact) mass is 372 g/mol. The van der Waals surface area contributed by atoms with Gasteiger partial charge in [0.15, 0.2) is 0 Å². The van der Waals surface area contributed by atoms with Gasteiger partial charge >= 0.3 is 0 Å². The molecule has 0 atom stereocenters. The van der Waals surface area contributed by atoms with Crippen LogP contribution in [0.1, 0.15) is 6.42 Å². The normalized spacial score (nSPS) is 10.7. The summed E-state index contributed by atoms with van der Waals surface area (Å²) in [5, 5.41) is 14.2. The van der Waals surface area contributed by atoms with E-state index in [1.807, 2.05) is 0 Å². The molecule has 0 saturated heterocycles. The summed E-state index contributed by atoms with van der Waals surface area (Å²) in [5.41, 5.74) is 0.311. The number of non-ortho nitro benzene ring substituents is 1. The molecule has 1 heterocycles. The van der Waals surface area contributed by atoms with E-state index in [2.05, 4.69) is 10.3 Å². The maximum absolute atomic E-state index is 12.4. The second kappa shape index (κ2) is 7.32. The van der Waals surface area contributed by atoms with Crippen molar-refractivity contribution in [2.75, 3.05) is 5.32 Å². The lowest BCUT2D eigenvalue weighted by atomic mass is 10.2. The quantitative estimate of drug-likeness (QED) is 0.547. The molecular formula is C17H13ClN4O4. The number of benzene rings is 2. The summed E-state index contributed by atoms with van der Waals surface area (Å²) < 4.78 is 1.30. The van der Waals surface area contributed by atoms with Gasteiger partial charge in [-0.05, 0) is 24.3 Å². The predicted octanol–water partition coefficient (Wildman–Crippen LogP) is 2.99. The third kappa shape index (κ3) is 3.86. The Labute approximate surface area is 152 Å². The lowest BCUT2D eigenvalue weighted by Gasteiger charge is -2.08. The van der Waals surface area contributed by atoms with Gasteiger partial charge in [0.1, 0.15) is 0 Å². The van der Waals surface area contributed by atoms with E-state index in [9.17, 15) is 19.7 Å². The summed E-state index contributed by atoms with van der Waals surface area (Å²) in [6, 6.07) is 10.6. The fraction of sp³-hybridized carbons (Fsp3) is 0.118. The highest BCUT2D eigenvalue weighted by molar-refractivity contribution is 6.30. The van der Waals surface area contributed by atoms with Crippen LogP contribution in [0.4, 0.5) is 11.4 Å². The number of nitrogens with one attached hydrogen (secondary N) is 1. The van der Waals surface area contributed by atoms with Crippen molar-refractivity contribution in [1.29, 1.82) is 0 Å². The molecule has 0 radical (unpaired) electrons. The number of nitro benzene ring substituents is 1. The topological polar surface area (TPSA) is 107 Å². The average molecular weight is 373 g/mol. The van der Waals surface area contributed by atoms with Gasteiger partial charge in [-0.25, -0.2) is 4.98 Å². The van der Waals surface area contributed by atoms with E-state index >= 15 is 0 Å². The molecule has 3 aromatic rings. The number of aryl methyl sites for hydroxylation is 1. The first-order valence-electron chi connectivity index (χ1n) is 7.63. The van der Waals surface area contributed by atoms with Crippen LogP contribution in [0.3, 0.4) is 0 Å². The van der Waals surface area contributed by atoms with E-state index in [0.717, 1.165) is 0 Å². The summed E-state index contributed by atoms with van der Waals surface area (Å²) in [6.07, 6.45) is 1.34. The van der Waals surface area contributed by atoms with Crippen LogP contribution in [-0.4, -0.2) is 20.4 Å². The molecule has 1 amide bonds. The Hall–Kier alpha value is -3.26. The van der Waals surface area contributed by atoms with Crippen molar-refractivity contribution >= 4 is 39.8 Å². The van der Waals surface area contributed by atoms with Gasteiger partial charge in [0.25, 0.3) is 11.2 Å². The molecule has 1 aromatic heterocycles. The third-order valence-corrected chi connectivity index (χ3v) is 3.94. The Balaban J connectivity index is 1.73. The number of carbonyl (C=O) groups excluding carboxylic acids is 1. The molecule has 0 aliphatic carbocycles. The Morgan fingerprint density at radius 2 is 2.08 bits per heavy atom. The van der Waals surface area contributed by atoms with Crippen molar-refractivity contribution in [2.24, 2.45) is 0 Å². The summed E-state index contributed by atoms with van der Waals surface area (Å²) in [4.78, 5) is 38.8. The van der Waals surface area contributed by atoms with Gasteiger partial charge in [0, 0.05) is 35.8 Å². The molecule has 0 unspecified atom stereocenters. The van der Waals surface area contributed by atoms with Crippen LogP contribution < -0.4 is 10.9 Å². The molecule has 8 nitrogen and oxygen atoms in total. The van der Waals surface area contributed by atoms with Gasteiger partial charge in [0.05, 0.1) is 22.2 Å². The number of hydrogen-bond acceptors (Lipinski definition) is 5. The number of nitro groups is 1. The number of carbonyl (C=O) groups is 1. The van der Waals surface area contributed by atoms with Crippen molar-refractivity contribution in [3.63, 3.8) is 0 Å². The summed E-state index contributed by atoms with van der Waals surface area (Å²) in [6.45, 7) is 0.130. The van der Waals surface area contributed by atoms with Crippen LogP contribution in [0, 0.1) is 10.1 Å². The molecule has 132 valence electrons. The third-order valence-electron chi connectivity index (χ3n) is 3.71. The number of nitrogens with zero attached hydrogens (tertiary/aromatic N) is 3. The van der Waals surface area contributed by atoms with Crippen LogP contribution >= 0.6 is 11.6 Å². The SMILES string of the molecule is O=C(CCn1cnc2cc([N+](=O)[O-])ccc2c1=O)Nc1cccc(Cl)c1. The molecule has 0 fully saturated rings. The zero-order chi connectivity index (χ0) is 18.7. The van der Waals surface area contributed by atoms with E-state index in [1.54, 1.807) is 24.3 Å². The van der Waals surface area contributed by atoms with Crippen molar-refractivity contribution in [1.82, 2.24) is 9.55 Å². The standard InChI is InChI=1S/C17H13ClN4O4/c18-11-2-1-3-12(8-11)20-16(23)6-7-21-10-19-15-9-13(22(25)26)4-5-14(15)17(21)24/h1-5,8-10H,6-7H2,(H,20,23). The number of aromatic nitrogens is 2. The van der Waals surface area contributed by atoms with Crippen LogP contribution in [0.5, 0.6) is 0 Å². The minimum Gasteiger partial charge on any atom is -0.326 e. The van der Waals surface area contributed by atoms with Gasteiger partial charge in [-0.15, -0.1) is 0 Å². The van der Waals surface area contributed by atoms with Gasteiger partial charge in [-0.2, -0.15) is 0 Å². The van der Waals surface area contributed by atoms with Crippen LogP contribution in [-0.2, 0) is 11.3 Å². The summed E-state index contributed by atoms with van der Waals surface area (Å²) >= 11 is 5.86. The van der Waals surface area contributed by atoms with Gasteiger partial charge in [-0.1, -0.05) is 17.7 Å². The van der Waals surface area contributed by atoms with Crippen LogP contribution in [0.2, 0.25) is 5.02 Å².